The van der Waals surface area contributed by atoms with Gasteiger partial charge in [-0.05, 0) is 12.1 Å². The quantitative estimate of drug-likeness (QED) is 0.524. The van der Waals surface area contributed by atoms with Crippen LogP contribution in [0.1, 0.15) is 0 Å². The van der Waals surface area contributed by atoms with Crippen molar-refractivity contribution in [3.05, 3.63) is 24.7 Å². The van der Waals surface area contributed by atoms with E-state index in [1.54, 1.807) is 12.5 Å². The van der Waals surface area contributed by atoms with E-state index in [4.69, 9.17) is 0 Å². The van der Waals surface area contributed by atoms with Crippen LogP contribution >= 0.6 is 0 Å². The summed E-state index contributed by atoms with van der Waals surface area (Å²) < 4.78 is 4.53. The first kappa shape index (κ1) is 9.10. The van der Waals surface area contributed by atoms with E-state index < -0.39 is 0 Å². The Bertz CT molecular complexity index is 308. The normalized spacial score (nSPS) is 9.67. The molecule has 0 aliphatic rings. The van der Waals surface area contributed by atoms with Gasteiger partial charge in [-0.15, -0.1) is 0 Å². The summed E-state index contributed by atoms with van der Waals surface area (Å²) in [5, 5.41) is 0. The molecule has 0 fully saturated rings. The summed E-state index contributed by atoms with van der Waals surface area (Å²) in [6.07, 6.45) is 3.36. The fraction of sp³-hybridized carbons (Fsp3) is 0. The SMILES string of the molecule is [SiH3]O[SiH3].c1cnc2nc[nH]c2c1. The lowest BCUT2D eigenvalue weighted by Gasteiger charge is -1.80. The van der Waals surface area contributed by atoms with Crippen molar-refractivity contribution in [1.29, 1.82) is 0 Å². The minimum Gasteiger partial charge on any atom is -0.471 e. The fourth-order valence-corrected chi connectivity index (χ4v) is 0.775. The highest BCUT2D eigenvalue weighted by molar-refractivity contribution is 6.15. The smallest absolute Gasteiger partial charge is 0.177 e. The molecule has 0 bridgehead atoms. The molecule has 0 saturated carbocycles. The van der Waals surface area contributed by atoms with E-state index >= 15 is 0 Å². The topological polar surface area (TPSA) is 50.8 Å². The molecular weight excluding hydrogens is 186 g/mol. The number of hydrogen-bond acceptors (Lipinski definition) is 3. The van der Waals surface area contributed by atoms with Crippen LogP contribution in [0.5, 0.6) is 0 Å². The predicted molar refractivity (Wildman–Crippen MR) is 54.9 cm³/mol. The first-order valence-corrected chi connectivity index (χ1v) is 5.16. The van der Waals surface area contributed by atoms with Crippen LogP contribution in [0.25, 0.3) is 11.2 Å². The molecular formula is C6H11N3OSi2. The Hall–Kier alpha value is -0.986. The summed E-state index contributed by atoms with van der Waals surface area (Å²) >= 11 is 0. The maximum atomic E-state index is 4.53. The maximum absolute atomic E-state index is 4.53. The molecule has 12 heavy (non-hydrogen) atoms. The third-order valence-corrected chi connectivity index (χ3v) is 1.19. The van der Waals surface area contributed by atoms with E-state index in [0.29, 0.717) is 0 Å². The summed E-state index contributed by atoms with van der Waals surface area (Å²) in [4.78, 5) is 10.9. The number of H-pyrrole nitrogens is 1. The summed E-state index contributed by atoms with van der Waals surface area (Å²) in [5.74, 6) is 0. The number of pyridine rings is 1. The molecule has 0 aliphatic carbocycles. The first-order chi connectivity index (χ1) is 5.88. The summed E-state index contributed by atoms with van der Waals surface area (Å²) in [6.45, 7) is 0. The summed E-state index contributed by atoms with van der Waals surface area (Å²) in [5.41, 5.74) is 1.76. The minimum absolute atomic E-state index is 0.775. The molecule has 0 spiro atoms. The molecule has 0 unspecified atom stereocenters. The number of aromatic nitrogens is 3. The van der Waals surface area contributed by atoms with Crippen molar-refractivity contribution < 1.29 is 4.12 Å². The fourth-order valence-electron chi connectivity index (χ4n) is 0.775. The number of hydrogen-bond donors (Lipinski definition) is 1. The molecule has 0 radical (unpaired) electrons. The predicted octanol–water partition coefficient (Wildman–Crippen LogP) is -1.48. The van der Waals surface area contributed by atoms with Crippen molar-refractivity contribution in [2.75, 3.05) is 0 Å². The number of nitrogens with zero attached hydrogens (tertiary/aromatic N) is 2. The van der Waals surface area contributed by atoms with Crippen LogP contribution in [0.2, 0.25) is 0 Å². The van der Waals surface area contributed by atoms with Crippen LogP contribution in [0.15, 0.2) is 24.7 Å². The van der Waals surface area contributed by atoms with Gasteiger partial charge in [0.15, 0.2) is 5.65 Å². The maximum Gasteiger partial charge on any atom is 0.177 e. The van der Waals surface area contributed by atoms with Gasteiger partial charge in [-0.2, -0.15) is 0 Å². The Balaban J connectivity index is 0.000000213. The van der Waals surface area contributed by atoms with Crippen molar-refractivity contribution in [1.82, 2.24) is 15.0 Å². The monoisotopic (exact) mass is 197 g/mol. The zero-order valence-corrected chi connectivity index (χ0v) is 11.1. The van der Waals surface area contributed by atoms with E-state index in [2.05, 4.69) is 19.1 Å². The molecule has 2 aromatic heterocycles. The Labute approximate surface area is 76.5 Å². The summed E-state index contributed by atoms with van der Waals surface area (Å²) in [6, 6.07) is 3.82. The Morgan fingerprint density at radius 1 is 1.33 bits per heavy atom. The second-order valence-electron chi connectivity index (χ2n) is 2.19. The molecule has 4 nitrogen and oxygen atoms in total. The van der Waals surface area contributed by atoms with Crippen LogP contribution in [0.3, 0.4) is 0 Å². The number of rotatable bonds is 0. The zero-order valence-electron chi connectivity index (χ0n) is 7.11. The van der Waals surface area contributed by atoms with Crippen LogP contribution in [0, 0.1) is 0 Å². The zero-order chi connectivity index (χ0) is 8.81. The van der Waals surface area contributed by atoms with Gasteiger partial charge in [-0.25, -0.2) is 9.97 Å². The lowest BCUT2D eigenvalue weighted by atomic mass is 10.4. The average Bonchev–Trinajstić information content (AvgIpc) is 2.52. The van der Waals surface area contributed by atoms with Crippen molar-refractivity contribution in [3.8, 4) is 0 Å². The molecule has 0 aromatic carbocycles. The molecule has 0 atom stereocenters. The van der Waals surface area contributed by atoms with E-state index in [0.717, 1.165) is 32.1 Å². The molecule has 2 heterocycles. The van der Waals surface area contributed by atoms with Crippen LogP contribution in [-0.4, -0.2) is 35.9 Å². The minimum atomic E-state index is 0.775. The molecule has 2 aromatic rings. The van der Waals surface area contributed by atoms with Gasteiger partial charge in [0.2, 0.25) is 0 Å². The van der Waals surface area contributed by atoms with Crippen molar-refractivity contribution in [2.45, 2.75) is 0 Å². The third kappa shape index (κ3) is 2.26. The van der Waals surface area contributed by atoms with Gasteiger partial charge in [0.25, 0.3) is 0 Å². The first-order valence-electron chi connectivity index (χ1n) is 3.52. The molecule has 0 aliphatic heterocycles. The Morgan fingerprint density at radius 2 is 2.08 bits per heavy atom. The third-order valence-electron chi connectivity index (χ3n) is 1.19. The highest BCUT2D eigenvalue weighted by atomic mass is 28.3. The second kappa shape index (κ2) is 4.80. The van der Waals surface area contributed by atoms with Crippen molar-refractivity contribution in [3.63, 3.8) is 0 Å². The van der Waals surface area contributed by atoms with Crippen molar-refractivity contribution in [2.24, 2.45) is 0 Å². The lowest BCUT2D eigenvalue weighted by molar-refractivity contribution is 0.690. The van der Waals surface area contributed by atoms with Gasteiger partial charge < -0.3 is 9.10 Å². The number of fused-ring (bicyclic) bond motifs is 1. The number of imidazole rings is 1. The van der Waals surface area contributed by atoms with Gasteiger partial charge in [0.1, 0.15) is 21.0 Å². The lowest BCUT2D eigenvalue weighted by Crippen LogP contribution is -1.71. The van der Waals surface area contributed by atoms with E-state index in [9.17, 15) is 0 Å². The molecule has 0 amide bonds. The molecule has 64 valence electrons. The largest absolute Gasteiger partial charge is 0.471 e. The second-order valence-corrected chi connectivity index (χ2v) is 5.45. The molecule has 0 saturated heterocycles. The summed E-state index contributed by atoms with van der Waals surface area (Å²) in [7, 11) is 1.86. The van der Waals surface area contributed by atoms with Gasteiger partial charge in [0, 0.05) is 6.20 Å². The standard InChI is InChI=1S/C6H5N3.H6OSi2/c1-2-5-6(7-3-1)9-4-8-5;2-1-3/h1-4H,(H,7,8,9);2-3H3. The van der Waals surface area contributed by atoms with E-state index in [-0.39, 0.29) is 0 Å². The Morgan fingerprint density at radius 3 is 2.75 bits per heavy atom. The van der Waals surface area contributed by atoms with Gasteiger partial charge in [-0.1, -0.05) is 0 Å². The van der Waals surface area contributed by atoms with E-state index in [1.165, 1.54) is 0 Å². The number of nitrogens with one attached hydrogen (secondary N) is 1. The highest BCUT2D eigenvalue weighted by Gasteiger charge is 1.90. The molecule has 1 N–H and O–H groups in total. The number of aromatic amines is 1. The van der Waals surface area contributed by atoms with Crippen LogP contribution in [-0.2, 0) is 4.12 Å². The van der Waals surface area contributed by atoms with Gasteiger partial charge in [0.05, 0.1) is 11.8 Å². The van der Waals surface area contributed by atoms with E-state index in [1.807, 2.05) is 12.1 Å². The highest BCUT2D eigenvalue weighted by Crippen LogP contribution is 2.01. The molecule has 6 heteroatoms. The average molecular weight is 197 g/mol. The van der Waals surface area contributed by atoms with Crippen LogP contribution in [0.4, 0.5) is 0 Å². The van der Waals surface area contributed by atoms with Crippen LogP contribution < -0.4 is 0 Å². The van der Waals surface area contributed by atoms with Gasteiger partial charge in [-0.3, -0.25) is 0 Å². The van der Waals surface area contributed by atoms with Gasteiger partial charge >= 0.3 is 0 Å². The van der Waals surface area contributed by atoms with Crippen molar-refractivity contribution >= 4 is 32.1 Å². The molecule has 2 rings (SSSR count). The Kier molecular flexibility index (Phi) is 3.64.